The van der Waals surface area contributed by atoms with Crippen molar-refractivity contribution in [3.8, 4) is 0 Å². The molecule has 1 aromatic rings. The van der Waals surface area contributed by atoms with Crippen LogP contribution in [0.5, 0.6) is 0 Å². The second-order valence-corrected chi connectivity index (χ2v) is 7.50. The summed E-state index contributed by atoms with van der Waals surface area (Å²) in [6.07, 6.45) is 2.42. The highest BCUT2D eigenvalue weighted by Gasteiger charge is 2.22. The summed E-state index contributed by atoms with van der Waals surface area (Å²) in [5, 5.41) is 4.18. The van der Waals surface area contributed by atoms with Crippen molar-refractivity contribution >= 4 is 21.4 Å². The molecule has 0 atom stereocenters. The Kier molecular flexibility index (Phi) is 4.65. The number of rotatable bonds is 4. The highest BCUT2D eigenvalue weighted by atomic mass is 35.5. The molecule has 5 heteroatoms. The van der Waals surface area contributed by atoms with E-state index < -0.39 is 9.84 Å². The van der Waals surface area contributed by atoms with Gasteiger partial charge in [-0.25, -0.2) is 8.42 Å². The summed E-state index contributed by atoms with van der Waals surface area (Å²) in [5.41, 5.74) is 1.25. The van der Waals surface area contributed by atoms with E-state index in [9.17, 15) is 8.42 Å². The molecule has 100 valence electrons. The zero-order valence-electron chi connectivity index (χ0n) is 10.2. The van der Waals surface area contributed by atoms with E-state index in [1.807, 2.05) is 24.3 Å². The molecule has 0 saturated carbocycles. The van der Waals surface area contributed by atoms with Gasteiger partial charge in [-0.15, -0.1) is 0 Å². The third-order valence-electron chi connectivity index (χ3n) is 3.31. The fourth-order valence-electron chi connectivity index (χ4n) is 2.17. The third kappa shape index (κ3) is 4.26. The van der Waals surface area contributed by atoms with Crippen LogP contribution in [0.25, 0.3) is 0 Å². The van der Waals surface area contributed by atoms with Crippen LogP contribution < -0.4 is 5.32 Å². The first kappa shape index (κ1) is 13.8. The molecule has 1 fully saturated rings. The summed E-state index contributed by atoms with van der Waals surface area (Å²) in [6, 6.07) is 8.18. The first-order valence-electron chi connectivity index (χ1n) is 6.23. The second kappa shape index (κ2) is 6.04. The average molecular weight is 288 g/mol. The average Bonchev–Trinajstić information content (AvgIpc) is 2.34. The molecule has 1 aromatic carbocycles. The number of sulfone groups is 1. The highest BCUT2D eigenvalue weighted by Crippen LogP contribution is 2.13. The molecule has 1 N–H and O–H groups in total. The van der Waals surface area contributed by atoms with Gasteiger partial charge in [-0.05, 0) is 43.5 Å². The first-order valence-corrected chi connectivity index (χ1v) is 8.43. The zero-order valence-corrected chi connectivity index (χ0v) is 11.8. The zero-order chi connectivity index (χ0) is 13.0. The van der Waals surface area contributed by atoms with Crippen molar-refractivity contribution in [2.75, 3.05) is 18.1 Å². The van der Waals surface area contributed by atoms with Gasteiger partial charge in [-0.1, -0.05) is 23.7 Å². The van der Waals surface area contributed by atoms with Crippen LogP contribution in [0.15, 0.2) is 24.3 Å². The molecule has 1 saturated heterocycles. The highest BCUT2D eigenvalue weighted by molar-refractivity contribution is 7.91. The maximum absolute atomic E-state index is 11.3. The summed E-state index contributed by atoms with van der Waals surface area (Å²) >= 11 is 5.82. The lowest BCUT2D eigenvalue weighted by molar-refractivity contribution is 0.466. The fourth-order valence-corrected chi connectivity index (χ4v) is 3.78. The summed E-state index contributed by atoms with van der Waals surface area (Å²) in [4.78, 5) is 0. The summed E-state index contributed by atoms with van der Waals surface area (Å²) < 4.78 is 22.6. The Hall–Kier alpha value is -0.580. The molecule has 1 heterocycles. The monoisotopic (exact) mass is 287 g/mol. The van der Waals surface area contributed by atoms with Crippen LogP contribution in [0.1, 0.15) is 18.4 Å². The van der Waals surface area contributed by atoms with Crippen LogP contribution in [-0.4, -0.2) is 32.5 Å². The molecule has 0 aliphatic carbocycles. The van der Waals surface area contributed by atoms with Gasteiger partial charge in [0.25, 0.3) is 0 Å². The molecule has 2 rings (SSSR count). The first-order chi connectivity index (χ1) is 8.55. The van der Waals surface area contributed by atoms with Crippen molar-refractivity contribution in [3.63, 3.8) is 0 Å². The Morgan fingerprint density at radius 1 is 1.17 bits per heavy atom. The molecule has 0 radical (unpaired) electrons. The molecule has 1 aliphatic heterocycles. The third-order valence-corrected chi connectivity index (χ3v) is 5.28. The Labute approximate surface area is 113 Å². The Balaban J connectivity index is 1.71. The van der Waals surface area contributed by atoms with Gasteiger partial charge in [0.2, 0.25) is 0 Å². The maximum atomic E-state index is 11.3. The lowest BCUT2D eigenvalue weighted by Gasteiger charge is -2.23. The van der Waals surface area contributed by atoms with Gasteiger partial charge in [0.15, 0.2) is 0 Å². The number of benzene rings is 1. The topological polar surface area (TPSA) is 46.2 Å². The smallest absolute Gasteiger partial charge is 0.150 e. The van der Waals surface area contributed by atoms with Gasteiger partial charge < -0.3 is 5.32 Å². The standard InChI is InChI=1S/C13H18ClNO2S/c14-12-3-1-11(2-4-12)5-8-15-13-6-9-18(16,17)10-7-13/h1-4,13,15H,5-10H2. The van der Waals surface area contributed by atoms with Gasteiger partial charge in [0, 0.05) is 11.1 Å². The summed E-state index contributed by atoms with van der Waals surface area (Å²) in [6.45, 7) is 0.881. The molecule has 0 bridgehead atoms. The Morgan fingerprint density at radius 3 is 2.39 bits per heavy atom. The van der Waals surface area contributed by atoms with Crippen molar-refractivity contribution in [3.05, 3.63) is 34.9 Å². The number of nitrogens with one attached hydrogen (secondary N) is 1. The Morgan fingerprint density at radius 2 is 1.78 bits per heavy atom. The minimum absolute atomic E-state index is 0.325. The van der Waals surface area contributed by atoms with Gasteiger partial charge >= 0.3 is 0 Å². The van der Waals surface area contributed by atoms with Crippen molar-refractivity contribution in [1.29, 1.82) is 0 Å². The predicted molar refractivity (Wildman–Crippen MR) is 74.8 cm³/mol. The second-order valence-electron chi connectivity index (χ2n) is 4.76. The number of halogens is 1. The molecular weight excluding hydrogens is 270 g/mol. The van der Waals surface area contributed by atoms with Crippen molar-refractivity contribution in [1.82, 2.24) is 5.32 Å². The lowest BCUT2D eigenvalue weighted by atomic mass is 10.1. The van der Waals surface area contributed by atoms with E-state index in [4.69, 9.17) is 11.6 Å². The minimum atomic E-state index is -2.75. The van der Waals surface area contributed by atoms with E-state index in [2.05, 4.69) is 5.32 Å². The van der Waals surface area contributed by atoms with Crippen molar-refractivity contribution in [2.45, 2.75) is 25.3 Å². The van der Waals surface area contributed by atoms with E-state index in [0.29, 0.717) is 17.5 Å². The molecule has 0 aromatic heterocycles. The molecule has 18 heavy (non-hydrogen) atoms. The predicted octanol–water partition coefficient (Wildman–Crippen LogP) is 2.05. The van der Waals surface area contributed by atoms with E-state index >= 15 is 0 Å². The van der Waals surface area contributed by atoms with Gasteiger partial charge in [-0.3, -0.25) is 0 Å². The van der Waals surface area contributed by atoms with E-state index in [-0.39, 0.29) is 0 Å². The maximum Gasteiger partial charge on any atom is 0.150 e. The van der Waals surface area contributed by atoms with Crippen molar-refractivity contribution in [2.24, 2.45) is 0 Å². The summed E-state index contributed by atoms with van der Waals surface area (Å²) in [5.74, 6) is 0.650. The van der Waals surface area contributed by atoms with Crippen LogP contribution in [0.3, 0.4) is 0 Å². The molecule has 1 aliphatic rings. The normalized spacial score (nSPS) is 19.8. The molecule has 3 nitrogen and oxygen atoms in total. The van der Waals surface area contributed by atoms with Crippen molar-refractivity contribution < 1.29 is 8.42 Å². The van der Waals surface area contributed by atoms with Crippen LogP contribution in [0.4, 0.5) is 0 Å². The molecule has 0 spiro atoms. The van der Waals surface area contributed by atoms with E-state index in [0.717, 1.165) is 30.8 Å². The molecule has 0 unspecified atom stereocenters. The largest absolute Gasteiger partial charge is 0.314 e. The van der Waals surface area contributed by atoms with Gasteiger partial charge in [0.1, 0.15) is 9.84 Å². The SMILES string of the molecule is O=S1(=O)CCC(NCCc2ccc(Cl)cc2)CC1. The van der Waals surface area contributed by atoms with Crippen LogP contribution >= 0.6 is 11.6 Å². The quantitative estimate of drug-likeness (QED) is 0.922. The van der Waals surface area contributed by atoms with Crippen LogP contribution in [0, 0.1) is 0 Å². The molecule has 0 amide bonds. The van der Waals surface area contributed by atoms with Crippen LogP contribution in [0.2, 0.25) is 5.02 Å². The summed E-state index contributed by atoms with van der Waals surface area (Å²) in [7, 11) is -2.75. The minimum Gasteiger partial charge on any atom is -0.314 e. The Bertz CT molecular complexity index is 470. The molecular formula is C13H18ClNO2S. The van der Waals surface area contributed by atoms with E-state index in [1.165, 1.54) is 5.56 Å². The van der Waals surface area contributed by atoms with Crippen LogP contribution in [-0.2, 0) is 16.3 Å². The number of hydrogen-bond acceptors (Lipinski definition) is 3. The van der Waals surface area contributed by atoms with Gasteiger partial charge in [0.05, 0.1) is 11.5 Å². The lowest BCUT2D eigenvalue weighted by Crippen LogP contribution is -2.38. The fraction of sp³-hybridized carbons (Fsp3) is 0.538. The number of hydrogen-bond donors (Lipinski definition) is 1. The van der Waals surface area contributed by atoms with E-state index in [1.54, 1.807) is 0 Å². The van der Waals surface area contributed by atoms with Gasteiger partial charge in [-0.2, -0.15) is 0 Å².